The summed E-state index contributed by atoms with van der Waals surface area (Å²) in [6.45, 7) is 11.9. The first-order valence-corrected chi connectivity index (χ1v) is 7.10. The molecule has 0 bridgehead atoms. The number of aliphatic hydroxyl groups is 1. The molecule has 1 aliphatic rings. The molecule has 0 spiro atoms. The van der Waals surface area contributed by atoms with Crippen LogP contribution in [-0.4, -0.2) is 11.7 Å². The molecule has 2 atom stereocenters. The summed E-state index contributed by atoms with van der Waals surface area (Å²) in [4.78, 5) is 0. The molecule has 0 amide bonds. The smallest absolute Gasteiger partial charge is 0.0428 e. The Hall–Kier alpha value is -0.0400. The van der Waals surface area contributed by atoms with Crippen LogP contribution in [0.1, 0.15) is 73.1 Å². The molecule has 0 aromatic carbocycles. The molecule has 1 aliphatic carbocycles. The Labute approximate surface area is 103 Å². The fourth-order valence-corrected chi connectivity index (χ4v) is 3.02. The second-order valence-corrected chi connectivity index (χ2v) is 5.98. The van der Waals surface area contributed by atoms with E-state index in [-0.39, 0.29) is 0 Å². The Kier molecular flexibility index (Phi) is 8.09. The van der Waals surface area contributed by atoms with Gasteiger partial charge in [-0.3, -0.25) is 0 Å². The van der Waals surface area contributed by atoms with Gasteiger partial charge < -0.3 is 5.11 Å². The standard InChI is InChI=1S/C12H24.C3H8O/c1-5-7-11-10(2)8-6-9-12(11,3)4;1-2-3-4/h10-11H,5-9H2,1-4H3;4H,2-3H2,1H3. The topological polar surface area (TPSA) is 20.2 Å². The highest BCUT2D eigenvalue weighted by molar-refractivity contribution is 4.85. The van der Waals surface area contributed by atoms with E-state index in [0.29, 0.717) is 12.0 Å². The van der Waals surface area contributed by atoms with Gasteiger partial charge in [0.15, 0.2) is 0 Å². The maximum Gasteiger partial charge on any atom is 0.0428 e. The first-order chi connectivity index (χ1) is 7.49. The molecule has 1 nitrogen and oxygen atoms in total. The van der Waals surface area contributed by atoms with Gasteiger partial charge in [-0.15, -0.1) is 0 Å². The first-order valence-electron chi connectivity index (χ1n) is 7.10. The molecular weight excluding hydrogens is 196 g/mol. The van der Waals surface area contributed by atoms with Gasteiger partial charge in [0.2, 0.25) is 0 Å². The van der Waals surface area contributed by atoms with Crippen LogP contribution in [0.25, 0.3) is 0 Å². The molecule has 2 unspecified atom stereocenters. The van der Waals surface area contributed by atoms with Gasteiger partial charge in [0.25, 0.3) is 0 Å². The fraction of sp³-hybridized carbons (Fsp3) is 1.00. The van der Waals surface area contributed by atoms with E-state index in [1.807, 2.05) is 6.92 Å². The van der Waals surface area contributed by atoms with E-state index in [0.717, 1.165) is 18.3 Å². The molecule has 0 heterocycles. The monoisotopic (exact) mass is 228 g/mol. The molecule has 1 heteroatoms. The van der Waals surface area contributed by atoms with E-state index in [1.165, 1.54) is 32.1 Å². The lowest BCUT2D eigenvalue weighted by molar-refractivity contribution is 0.0758. The molecule has 0 radical (unpaired) electrons. The second kappa shape index (κ2) is 8.11. The Bertz CT molecular complexity index is 161. The zero-order valence-corrected chi connectivity index (χ0v) is 12.1. The summed E-state index contributed by atoms with van der Waals surface area (Å²) in [6, 6.07) is 0. The normalized spacial score (nSPS) is 28.1. The first kappa shape index (κ1) is 16.0. The molecule has 1 fully saturated rings. The van der Waals surface area contributed by atoms with Crippen molar-refractivity contribution in [2.45, 2.75) is 73.1 Å². The van der Waals surface area contributed by atoms with Crippen LogP contribution < -0.4 is 0 Å². The zero-order chi connectivity index (χ0) is 12.6. The third kappa shape index (κ3) is 5.34. The zero-order valence-electron chi connectivity index (χ0n) is 12.1. The maximum absolute atomic E-state index is 7.88. The second-order valence-electron chi connectivity index (χ2n) is 5.98. The molecule has 0 aromatic rings. The van der Waals surface area contributed by atoms with Crippen molar-refractivity contribution in [1.82, 2.24) is 0 Å². The Balaban J connectivity index is 0.000000487. The van der Waals surface area contributed by atoms with E-state index in [9.17, 15) is 0 Å². The summed E-state index contributed by atoms with van der Waals surface area (Å²) in [7, 11) is 0. The van der Waals surface area contributed by atoms with Crippen molar-refractivity contribution >= 4 is 0 Å². The highest BCUT2D eigenvalue weighted by atomic mass is 16.2. The molecule has 1 N–H and O–H groups in total. The van der Waals surface area contributed by atoms with Gasteiger partial charge in [0.1, 0.15) is 0 Å². The lowest BCUT2D eigenvalue weighted by atomic mass is 9.63. The van der Waals surface area contributed by atoms with Crippen molar-refractivity contribution in [3.8, 4) is 0 Å². The van der Waals surface area contributed by atoms with Crippen LogP contribution in [0.5, 0.6) is 0 Å². The number of hydrogen-bond donors (Lipinski definition) is 1. The average Bonchev–Trinajstić information content (AvgIpc) is 2.24. The van der Waals surface area contributed by atoms with Gasteiger partial charge in [0, 0.05) is 6.61 Å². The molecule has 1 rings (SSSR count). The number of aliphatic hydroxyl groups excluding tert-OH is 1. The van der Waals surface area contributed by atoms with E-state index in [1.54, 1.807) is 0 Å². The van der Waals surface area contributed by atoms with Crippen molar-refractivity contribution in [3.05, 3.63) is 0 Å². The van der Waals surface area contributed by atoms with Crippen LogP contribution >= 0.6 is 0 Å². The Morgan fingerprint density at radius 1 is 1.19 bits per heavy atom. The van der Waals surface area contributed by atoms with Crippen molar-refractivity contribution < 1.29 is 5.11 Å². The summed E-state index contributed by atoms with van der Waals surface area (Å²) >= 11 is 0. The fourth-order valence-electron chi connectivity index (χ4n) is 3.02. The van der Waals surface area contributed by atoms with E-state index >= 15 is 0 Å². The van der Waals surface area contributed by atoms with Crippen LogP contribution in [0.4, 0.5) is 0 Å². The number of hydrogen-bond acceptors (Lipinski definition) is 1. The van der Waals surface area contributed by atoms with Gasteiger partial charge in [-0.25, -0.2) is 0 Å². The van der Waals surface area contributed by atoms with Crippen LogP contribution in [0.3, 0.4) is 0 Å². The summed E-state index contributed by atoms with van der Waals surface area (Å²) in [5.41, 5.74) is 0.619. The SMILES string of the molecule is CCCC1C(C)CCCC1(C)C.CCCO. The average molecular weight is 228 g/mol. The predicted octanol–water partition coefficient (Wildman–Crippen LogP) is 4.64. The van der Waals surface area contributed by atoms with Crippen LogP contribution in [0, 0.1) is 17.3 Å². The van der Waals surface area contributed by atoms with Gasteiger partial charge in [-0.2, -0.15) is 0 Å². The van der Waals surface area contributed by atoms with Gasteiger partial charge in [-0.1, -0.05) is 53.9 Å². The summed E-state index contributed by atoms with van der Waals surface area (Å²) < 4.78 is 0. The highest BCUT2D eigenvalue weighted by Gasteiger charge is 2.35. The molecule has 1 saturated carbocycles. The third-order valence-corrected chi connectivity index (χ3v) is 3.99. The summed E-state index contributed by atoms with van der Waals surface area (Å²) in [5.74, 6) is 1.95. The van der Waals surface area contributed by atoms with E-state index in [2.05, 4.69) is 27.7 Å². The van der Waals surface area contributed by atoms with Crippen molar-refractivity contribution in [2.24, 2.45) is 17.3 Å². The number of rotatable bonds is 3. The summed E-state index contributed by atoms with van der Waals surface area (Å²) in [6.07, 6.45) is 8.04. The molecule has 0 aliphatic heterocycles. The largest absolute Gasteiger partial charge is 0.396 e. The molecular formula is C15H32O. The van der Waals surface area contributed by atoms with Gasteiger partial charge in [0.05, 0.1) is 0 Å². The lowest BCUT2D eigenvalue weighted by Gasteiger charge is -2.43. The van der Waals surface area contributed by atoms with Crippen molar-refractivity contribution in [2.75, 3.05) is 6.61 Å². The van der Waals surface area contributed by atoms with Crippen LogP contribution in [0.15, 0.2) is 0 Å². The minimum atomic E-state index is 0.319. The van der Waals surface area contributed by atoms with Crippen molar-refractivity contribution in [3.63, 3.8) is 0 Å². The molecule has 0 saturated heterocycles. The molecule has 16 heavy (non-hydrogen) atoms. The third-order valence-electron chi connectivity index (χ3n) is 3.99. The van der Waals surface area contributed by atoms with E-state index < -0.39 is 0 Å². The molecule has 98 valence electrons. The highest BCUT2D eigenvalue weighted by Crippen LogP contribution is 2.45. The lowest BCUT2D eigenvalue weighted by Crippen LogP contribution is -2.33. The Morgan fingerprint density at radius 2 is 1.75 bits per heavy atom. The minimum absolute atomic E-state index is 0.319. The predicted molar refractivity (Wildman–Crippen MR) is 72.6 cm³/mol. The van der Waals surface area contributed by atoms with Gasteiger partial charge >= 0.3 is 0 Å². The Morgan fingerprint density at radius 3 is 2.12 bits per heavy atom. The molecule has 0 aromatic heterocycles. The van der Waals surface area contributed by atoms with Gasteiger partial charge in [-0.05, 0) is 36.5 Å². The summed E-state index contributed by atoms with van der Waals surface area (Å²) in [5, 5.41) is 7.88. The van der Waals surface area contributed by atoms with E-state index in [4.69, 9.17) is 5.11 Å². The maximum atomic E-state index is 7.88. The van der Waals surface area contributed by atoms with Crippen molar-refractivity contribution in [1.29, 1.82) is 0 Å². The quantitative estimate of drug-likeness (QED) is 0.746. The minimum Gasteiger partial charge on any atom is -0.396 e. The van der Waals surface area contributed by atoms with Crippen LogP contribution in [-0.2, 0) is 0 Å². The van der Waals surface area contributed by atoms with Crippen LogP contribution in [0.2, 0.25) is 0 Å².